The summed E-state index contributed by atoms with van der Waals surface area (Å²) in [5.41, 5.74) is 0.871. The molecular formula is C17H14N4O4. The first-order valence-electron chi connectivity index (χ1n) is 7.16. The molecule has 2 aromatic carbocycles. The number of nitriles is 1. The van der Waals surface area contributed by atoms with E-state index in [9.17, 15) is 25.5 Å². The molecule has 8 heteroatoms. The zero-order chi connectivity index (χ0) is 18.6. The van der Waals surface area contributed by atoms with Crippen molar-refractivity contribution in [2.45, 2.75) is 0 Å². The van der Waals surface area contributed by atoms with Crippen LogP contribution in [0.5, 0.6) is 0 Å². The highest BCUT2D eigenvalue weighted by molar-refractivity contribution is 5.93. The highest BCUT2D eigenvalue weighted by Crippen LogP contribution is 2.31. The fourth-order valence-corrected chi connectivity index (χ4v) is 2.22. The lowest BCUT2D eigenvalue weighted by Crippen LogP contribution is -2.07. The molecule has 0 bridgehead atoms. The Morgan fingerprint density at radius 1 is 1.08 bits per heavy atom. The van der Waals surface area contributed by atoms with Crippen LogP contribution in [0, 0.1) is 31.6 Å². The standard InChI is InChI=1S/C17H14N4O4/c1-19(2)14-5-3-12(4-6-14)9-13(11-18)16-8-7-15(20(22)23)10-17(16)21(24)25/h3-10H,1-2H3/b13-9+. The molecule has 8 nitrogen and oxygen atoms in total. The largest absolute Gasteiger partial charge is 0.378 e. The molecule has 0 aliphatic heterocycles. The van der Waals surface area contributed by atoms with Crippen molar-refractivity contribution in [3.05, 3.63) is 73.8 Å². The van der Waals surface area contributed by atoms with Crippen LogP contribution in [0.1, 0.15) is 11.1 Å². The van der Waals surface area contributed by atoms with Crippen LogP contribution in [0.3, 0.4) is 0 Å². The normalized spacial score (nSPS) is 10.8. The number of nitro groups is 2. The Hall–Kier alpha value is -3.73. The van der Waals surface area contributed by atoms with Gasteiger partial charge in [0, 0.05) is 25.8 Å². The van der Waals surface area contributed by atoms with Gasteiger partial charge < -0.3 is 4.90 Å². The highest BCUT2D eigenvalue weighted by Gasteiger charge is 2.21. The quantitative estimate of drug-likeness (QED) is 0.356. The average Bonchev–Trinajstić information content (AvgIpc) is 2.59. The van der Waals surface area contributed by atoms with Crippen LogP contribution >= 0.6 is 0 Å². The van der Waals surface area contributed by atoms with Gasteiger partial charge >= 0.3 is 0 Å². The summed E-state index contributed by atoms with van der Waals surface area (Å²) in [4.78, 5) is 22.5. The summed E-state index contributed by atoms with van der Waals surface area (Å²) in [5, 5.41) is 31.4. The van der Waals surface area contributed by atoms with E-state index in [4.69, 9.17) is 0 Å². The van der Waals surface area contributed by atoms with E-state index in [-0.39, 0.29) is 11.1 Å². The third-order valence-electron chi connectivity index (χ3n) is 3.52. The Balaban J connectivity index is 2.51. The van der Waals surface area contributed by atoms with E-state index < -0.39 is 21.2 Å². The van der Waals surface area contributed by atoms with E-state index in [2.05, 4.69) is 0 Å². The van der Waals surface area contributed by atoms with Crippen LogP contribution in [0.15, 0.2) is 42.5 Å². The van der Waals surface area contributed by atoms with Crippen molar-refractivity contribution < 1.29 is 9.85 Å². The van der Waals surface area contributed by atoms with Crippen molar-refractivity contribution in [1.82, 2.24) is 0 Å². The fraction of sp³-hybridized carbons (Fsp3) is 0.118. The average molecular weight is 338 g/mol. The summed E-state index contributed by atoms with van der Waals surface area (Å²) in [6.45, 7) is 0. The first-order valence-corrected chi connectivity index (χ1v) is 7.16. The summed E-state index contributed by atoms with van der Waals surface area (Å²) in [6, 6.07) is 12.4. The SMILES string of the molecule is CN(C)c1ccc(/C=C(\C#N)c2ccc([N+](=O)[O-])cc2[N+](=O)[O-])cc1. The maximum atomic E-state index is 11.2. The van der Waals surface area contributed by atoms with E-state index >= 15 is 0 Å². The van der Waals surface area contributed by atoms with Crippen LogP contribution in [0.25, 0.3) is 11.6 Å². The molecule has 0 unspecified atom stereocenters. The van der Waals surface area contributed by atoms with Gasteiger partial charge in [0.2, 0.25) is 0 Å². The topological polar surface area (TPSA) is 113 Å². The first-order chi connectivity index (χ1) is 11.8. The van der Waals surface area contributed by atoms with Gasteiger partial charge in [-0.25, -0.2) is 0 Å². The van der Waals surface area contributed by atoms with Crippen LogP contribution in [-0.2, 0) is 0 Å². The van der Waals surface area contributed by atoms with E-state index in [0.29, 0.717) is 5.56 Å². The minimum absolute atomic E-state index is 0.0368. The Morgan fingerprint density at radius 2 is 1.72 bits per heavy atom. The van der Waals surface area contributed by atoms with E-state index in [0.717, 1.165) is 17.8 Å². The van der Waals surface area contributed by atoms with Crippen molar-refractivity contribution in [3.8, 4) is 6.07 Å². The lowest BCUT2D eigenvalue weighted by atomic mass is 10.0. The number of anilines is 1. The Kier molecular flexibility index (Phi) is 5.09. The van der Waals surface area contributed by atoms with Gasteiger partial charge in [-0.1, -0.05) is 12.1 Å². The van der Waals surface area contributed by atoms with E-state index in [1.165, 1.54) is 12.1 Å². The van der Waals surface area contributed by atoms with Crippen molar-refractivity contribution in [1.29, 1.82) is 5.26 Å². The number of hydrogen-bond acceptors (Lipinski definition) is 6. The lowest BCUT2D eigenvalue weighted by molar-refractivity contribution is -0.394. The number of allylic oxidation sites excluding steroid dienone is 1. The molecule has 0 heterocycles. The Labute approximate surface area is 143 Å². The molecule has 0 amide bonds. The van der Waals surface area contributed by atoms with Gasteiger partial charge in [0.15, 0.2) is 0 Å². The van der Waals surface area contributed by atoms with E-state index in [1.54, 1.807) is 12.1 Å². The molecule has 0 fully saturated rings. The Morgan fingerprint density at radius 3 is 2.20 bits per heavy atom. The molecule has 0 saturated carbocycles. The molecule has 0 N–H and O–H groups in total. The number of benzene rings is 2. The van der Waals surface area contributed by atoms with Crippen molar-refractivity contribution in [2.75, 3.05) is 19.0 Å². The summed E-state index contributed by atoms with van der Waals surface area (Å²) < 4.78 is 0. The summed E-state index contributed by atoms with van der Waals surface area (Å²) in [5.74, 6) is 0. The predicted molar refractivity (Wildman–Crippen MR) is 94.0 cm³/mol. The van der Waals surface area contributed by atoms with Crippen molar-refractivity contribution >= 4 is 28.7 Å². The van der Waals surface area contributed by atoms with Crippen LogP contribution in [-0.4, -0.2) is 23.9 Å². The molecule has 0 aliphatic rings. The van der Waals surface area contributed by atoms with Gasteiger partial charge in [0.05, 0.1) is 27.0 Å². The second-order valence-electron chi connectivity index (χ2n) is 5.37. The first kappa shape index (κ1) is 17.6. The molecular weight excluding hydrogens is 324 g/mol. The molecule has 0 aliphatic carbocycles. The van der Waals surface area contributed by atoms with Crippen LogP contribution < -0.4 is 4.90 Å². The van der Waals surface area contributed by atoms with Gasteiger partial charge in [-0.05, 0) is 29.8 Å². The molecule has 2 rings (SSSR count). The summed E-state index contributed by atoms with van der Waals surface area (Å²) in [7, 11) is 3.79. The van der Waals surface area contributed by atoms with Gasteiger partial charge in [-0.3, -0.25) is 20.2 Å². The second kappa shape index (κ2) is 7.23. The van der Waals surface area contributed by atoms with E-state index in [1.807, 2.05) is 37.2 Å². The molecule has 0 spiro atoms. The molecule has 126 valence electrons. The summed E-state index contributed by atoms with van der Waals surface area (Å²) in [6.07, 6.45) is 1.51. The molecule has 2 aromatic rings. The number of non-ortho nitro benzene ring substituents is 1. The van der Waals surface area contributed by atoms with Crippen LogP contribution in [0.2, 0.25) is 0 Å². The Bertz CT molecular complexity index is 896. The zero-order valence-electron chi connectivity index (χ0n) is 13.5. The van der Waals surface area contributed by atoms with Crippen molar-refractivity contribution in [3.63, 3.8) is 0 Å². The minimum Gasteiger partial charge on any atom is -0.378 e. The fourth-order valence-electron chi connectivity index (χ4n) is 2.22. The molecule has 0 aromatic heterocycles. The van der Waals surface area contributed by atoms with Gasteiger partial charge in [0.25, 0.3) is 11.4 Å². The third kappa shape index (κ3) is 3.97. The zero-order valence-corrected chi connectivity index (χ0v) is 13.5. The van der Waals surface area contributed by atoms with Gasteiger partial charge in [-0.2, -0.15) is 5.26 Å². The monoisotopic (exact) mass is 338 g/mol. The highest BCUT2D eigenvalue weighted by atomic mass is 16.6. The number of nitro benzene ring substituents is 2. The van der Waals surface area contributed by atoms with Crippen molar-refractivity contribution in [2.24, 2.45) is 0 Å². The summed E-state index contributed by atoms with van der Waals surface area (Å²) >= 11 is 0. The predicted octanol–water partition coefficient (Wildman–Crippen LogP) is 3.63. The third-order valence-corrected chi connectivity index (χ3v) is 3.52. The maximum Gasteiger partial charge on any atom is 0.284 e. The van der Waals surface area contributed by atoms with Crippen LogP contribution in [0.4, 0.5) is 17.1 Å². The lowest BCUT2D eigenvalue weighted by Gasteiger charge is -2.12. The van der Waals surface area contributed by atoms with Gasteiger partial charge in [0.1, 0.15) is 6.07 Å². The number of hydrogen-bond donors (Lipinski definition) is 0. The smallest absolute Gasteiger partial charge is 0.284 e. The number of nitrogens with zero attached hydrogens (tertiary/aromatic N) is 4. The second-order valence-corrected chi connectivity index (χ2v) is 5.37. The molecule has 0 radical (unpaired) electrons. The minimum atomic E-state index is -0.733. The van der Waals surface area contributed by atoms with Gasteiger partial charge in [-0.15, -0.1) is 0 Å². The molecule has 0 atom stereocenters. The number of rotatable bonds is 5. The molecule has 0 saturated heterocycles. The molecule has 25 heavy (non-hydrogen) atoms. The maximum absolute atomic E-state index is 11.2.